The quantitative estimate of drug-likeness (QED) is 0.920. The number of fused-ring (bicyclic) bond motifs is 1. The lowest BCUT2D eigenvalue weighted by Gasteiger charge is -2.27. The van der Waals surface area contributed by atoms with Gasteiger partial charge in [0.2, 0.25) is 6.79 Å². The Hall–Kier alpha value is -2.27. The van der Waals surface area contributed by atoms with Crippen LogP contribution in [-0.4, -0.2) is 18.9 Å². The van der Waals surface area contributed by atoms with Gasteiger partial charge in [0.15, 0.2) is 11.5 Å². The van der Waals surface area contributed by atoms with E-state index < -0.39 is 0 Å². The molecule has 0 radical (unpaired) electrons. The summed E-state index contributed by atoms with van der Waals surface area (Å²) in [6, 6.07) is 9.80. The van der Waals surface area contributed by atoms with Crippen molar-refractivity contribution >= 4 is 0 Å². The molecule has 1 aliphatic heterocycles. The fourth-order valence-electron chi connectivity index (χ4n) is 2.38. The lowest BCUT2D eigenvalue weighted by molar-refractivity contribution is 0.174. The summed E-state index contributed by atoms with van der Waals surface area (Å²) in [5.41, 5.74) is 1.86. The highest BCUT2D eigenvalue weighted by Crippen LogP contribution is 2.35. The van der Waals surface area contributed by atoms with E-state index >= 15 is 0 Å². The van der Waals surface area contributed by atoms with Crippen LogP contribution in [0.1, 0.15) is 25.1 Å². The third-order valence-electron chi connectivity index (χ3n) is 3.83. The largest absolute Gasteiger partial charge is 0.497 e. The van der Waals surface area contributed by atoms with Crippen LogP contribution < -0.4 is 19.5 Å². The summed E-state index contributed by atoms with van der Waals surface area (Å²) in [4.78, 5) is 4.35. The normalized spacial score (nSPS) is 13.2. The molecule has 0 saturated heterocycles. The van der Waals surface area contributed by atoms with Gasteiger partial charge in [0, 0.05) is 24.3 Å². The van der Waals surface area contributed by atoms with Crippen LogP contribution in [-0.2, 0) is 12.1 Å². The van der Waals surface area contributed by atoms with Crippen LogP contribution in [0.3, 0.4) is 0 Å². The summed E-state index contributed by atoms with van der Waals surface area (Å²) in [5, 5.41) is 3.52. The van der Waals surface area contributed by atoms with E-state index in [0.717, 1.165) is 28.5 Å². The number of ether oxygens (including phenoxy) is 3. The molecule has 0 bridgehead atoms. The smallest absolute Gasteiger partial charge is 0.231 e. The minimum Gasteiger partial charge on any atom is -0.497 e. The maximum atomic E-state index is 5.45. The van der Waals surface area contributed by atoms with Gasteiger partial charge in [0.1, 0.15) is 5.75 Å². The van der Waals surface area contributed by atoms with E-state index in [1.165, 1.54) is 0 Å². The van der Waals surface area contributed by atoms with Crippen LogP contribution in [0.2, 0.25) is 0 Å². The molecule has 3 rings (SSSR count). The average Bonchev–Trinajstić information content (AvgIpc) is 3.01. The number of nitrogens with zero attached hydrogens (tertiary/aromatic N) is 1. The van der Waals surface area contributed by atoms with Gasteiger partial charge in [-0.25, -0.2) is 0 Å². The number of hydrogen-bond donors (Lipinski definition) is 1. The summed E-state index contributed by atoms with van der Waals surface area (Å²) in [5.74, 6) is 2.41. The van der Waals surface area contributed by atoms with Crippen LogP contribution in [0.15, 0.2) is 36.5 Å². The van der Waals surface area contributed by atoms with Crippen LogP contribution >= 0.6 is 0 Å². The molecule has 2 aromatic rings. The first-order valence-electron chi connectivity index (χ1n) is 7.22. The second-order valence-electron chi connectivity index (χ2n) is 5.73. The summed E-state index contributed by atoms with van der Waals surface area (Å²) < 4.78 is 16.0. The minimum absolute atomic E-state index is 0.217. The van der Waals surface area contributed by atoms with Crippen LogP contribution in [0.4, 0.5) is 0 Å². The van der Waals surface area contributed by atoms with Gasteiger partial charge >= 0.3 is 0 Å². The van der Waals surface area contributed by atoms with Crippen molar-refractivity contribution in [3.63, 3.8) is 0 Å². The Kier molecular flexibility index (Phi) is 3.90. The maximum absolute atomic E-state index is 5.45. The predicted molar refractivity (Wildman–Crippen MR) is 83.2 cm³/mol. The van der Waals surface area contributed by atoms with E-state index in [1.54, 1.807) is 13.3 Å². The number of methoxy groups -OCH3 is 1. The molecule has 1 N–H and O–H groups in total. The number of pyridine rings is 1. The van der Waals surface area contributed by atoms with Gasteiger partial charge in [0.25, 0.3) is 0 Å². The van der Waals surface area contributed by atoms with E-state index in [-0.39, 0.29) is 5.54 Å². The molecule has 0 saturated carbocycles. The molecule has 0 aliphatic carbocycles. The Morgan fingerprint density at radius 3 is 2.82 bits per heavy atom. The fraction of sp³-hybridized carbons (Fsp3) is 0.353. The third-order valence-corrected chi connectivity index (χ3v) is 3.83. The van der Waals surface area contributed by atoms with Crippen molar-refractivity contribution in [1.82, 2.24) is 10.3 Å². The summed E-state index contributed by atoms with van der Waals surface area (Å²) in [6.07, 6.45) is 1.75. The molecule has 0 unspecified atom stereocenters. The van der Waals surface area contributed by atoms with E-state index in [1.807, 2.05) is 24.3 Å². The Bertz CT molecular complexity index is 671. The number of nitrogens with one attached hydrogen (secondary N) is 1. The van der Waals surface area contributed by atoms with Gasteiger partial charge in [-0.15, -0.1) is 0 Å². The van der Waals surface area contributed by atoms with Crippen LogP contribution in [0, 0.1) is 0 Å². The zero-order valence-corrected chi connectivity index (χ0v) is 13.1. The van der Waals surface area contributed by atoms with E-state index in [0.29, 0.717) is 13.3 Å². The Morgan fingerprint density at radius 2 is 2.00 bits per heavy atom. The van der Waals surface area contributed by atoms with Crippen molar-refractivity contribution in [3.8, 4) is 17.2 Å². The zero-order valence-electron chi connectivity index (χ0n) is 13.1. The Labute approximate surface area is 130 Å². The first-order valence-corrected chi connectivity index (χ1v) is 7.22. The lowest BCUT2D eigenvalue weighted by atomic mass is 9.93. The first kappa shape index (κ1) is 14.7. The molecule has 5 heteroatoms. The maximum Gasteiger partial charge on any atom is 0.231 e. The fourth-order valence-corrected chi connectivity index (χ4v) is 2.38. The van der Waals surface area contributed by atoms with Crippen molar-refractivity contribution in [3.05, 3.63) is 47.8 Å². The van der Waals surface area contributed by atoms with Crippen molar-refractivity contribution in [2.75, 3.05) is 13.9 Å². The standard InChI is InChI=1S/C17H20N2O3/c1-17(2,12-4-5-15-16(8-12)22-11-21-15)19-10-13-9-14(20-3)6-7-18-13/h4-9,19H,10-11H2,1-3H3. The molecule has 0 spiro atoms. The number of rotatable bonds is 5. The van der Waals surface area contributed by atoms with Crippen LogP contribution in [0.5, 0.6) is 17.2 Å². The Balaban J connectivity index is 1.72. The SMILES string of the molecule is COc1ccnc(CNC(C)(C)c2ccc3c(c2)OCO3)c1. The molecule has 5 nitrogen and oxygen atoms in total. The molecule has 0 fully saturated rings. The molecule has 116 valence electrons. The van der Waals surface area contributed by atoms with Gasteiger partial charge in [-0.2, -0.15) is 0 Å². The van der Waals surface area contributed by atoms with E-state index in [9.17, 15) is 0 Å². The first-order chi connectivity index (χ1) is 10.6. The molecule has 2 heterocycles. The lowest BCUT2D eigenvalue weighted by Crippen LogP contribution is -2.36. The zero-order chi connectivity index (χ0) is 15.6. The topological polar surface area (TPSA) is 52.6 Å². The predicted octanol–water partition coefficient (Wildman–Crippen LogP) is 2.84. The number of benzene rings is 1. The van der Waals surface area contributed by atoms with Crippen molar-refractivity contribution in [2.24, 2.45) is 0 Å². The molecule has 1 aromatic carbocycles. The second kappa shape index (κ2) is 5.85. The second-order valence-corrected chi connectivity index (χ2v) is 5.73. The highest BCUT2D eigenvalue weighted by molar-refractivity contribution is 5.46. The monoisotopic (exact) mass is 300 g/mol. The minimum atomic E-state index is -0.217. The van der Waals surface area contributed by atoms with E-state index in [4.69, 9.17) is 14.2 Å². The number of aromatic nitrogens is 1. The average molecular weight is 300 g/mol. The molecular weight excluding hydrogens is 280 g/mol. The van der Waals surface area contributed by atoms with Crippen molar-refractivity contribution < 1.29 is 14.2 Å². The molecular formula is C17H20N2O3. The van der Waals surface area contributed by atoms with Gasteiger partial charge in [-0.1, -0.05) is 6.07 Å². The summed E-state index contributed by atoms with van der Waals surface area (Å²) >= 11 is 0. The van der Waals surface area contributed by atoms with Gasteiger partial charge in [0.05, 0.1) is 12.8 Å². The summed E-state index contributed by atoms with van der Waals surface area (Å²) in [6.45, 7) is 5.20. The highest BCUT2D eigenvalue weighted by Gasteiger charge is 2.23. The van der Waals surface area contributed by atoms with Crippen molar-refractivity contribution in [1.29, 1.82) is 0 Å². The highest BCUT2D eigenvalue weighted by atomic mass is 16.7. The molecule has 0 amide bonds. The van der Waals surface area contributed by atoms with Crippen molar-refractivity contribution in [2.45, 2.75) is 25.9 Å². The summed E-state index contributed by atoms with van der Waals surface area (Å²) in [7, 11) is 1.66. The third kappa shape index (κ3) is 2.99. The molecule has 1 aliphatic rings. The van der Waals surface area contributed by atoms with Crippen LogP contribution in [0.25, 0.3) is 0 Å². The Morgan fingerprint density at radius 1 is 1.18 bits per heavy atom. The van der Waals surface area contributed by atoms with E-state index in [2.05, 4.69) is 30.2 Å². The van der Waals surface area contributed by atoms with Gasteiger partial charge in [-0.3, -0.25) is 4.98 Å². The van der Waals surface area contributed by atoms with Gasteiger partial charge < -0.3 is 19.5 Å². The molecule has 0 atom stereocenters. The molecule has 1 aromatic heterocycles. The van der Waals surface area contributed by atoms with Gasteiger partial charge in [-0.05, 0) is 37.6 Å². The molecule has 22 heavy (non-hydrogen) atoms. The number of hydrogen-bond acceptors (Lipinski definition) is 5.